The van der Waals surface area contributed by atoms with Crippen molar-refractivity contribution in [1.29, 1.82) is 0 Å². The third-order valence-electron chi connectivity index (χ3n) is 3.91. The smallest absolute Gasteiger partial charge is 0.0594 e. The summed E-state index contributed by atoms with van der Waals surface area (Å²) in [5.41, 5.74) is 8.74. The summed E-state index contributed by atoms with van der Waals surface area (Å²) in [6, 6.07) is 8.97. The fraction of sp³-hybridized carbons (Fsp3) is 0.625. The van der Waals surface area contributed by atoms with Crippen LogP contribution in [0.1, 0.15) is 18.1 Å². The second-order valence-electron chi connectivity index (χ2n) is 5.39. The van der Waals surface area contributed by atoms with E-state index in [1.165, 1.54) is 11.1 Å². The Labute approximate surface area is 116 Å². The maximum atomic E-state index is 5.94. The fourth-order valence-corrected chi connectivity index (χ4v) is 2.62. The number of hydrogen-bond donors (Lipinski definition) is 1. The van der Waals surface area contributed by atoms with Crippen molar-refractivity contribution in [3.05, 3.63) is 35.4 Å². The summed E-state index contributed by atoms with van der Waals surface area (Å²) in [6.45, 7) is 7.86. The molecule has 0 spiro atoms. The summed E-state index contributed by atoms with van der Waals surface area (Å²) < 4.78 is 5.39. The van der Waals surface area contributed by atoms with Gasteiger partial charge >= 0.3 is 0 Å². The molecule has 1 aliphatic heterocycles. The third-order valence-corrected chi connectivity index (χ3v) is 3.91. The van der Waals surface area contributed by atoms with Crippen molar-refractivity contribution >= 4 is 0 Å². The van der Waals surface area contributed by atoms with E-state index in [-0.39, 0.29) is 0 Å². The third kappa shape index (κ3) is 4.60. The molecule has 0 saturated carbocycles. The lowest BCUT2D eigenvalue weighted by atomic mass is 9.97. The number of hydrogen-bond acceptors (Lipinski definition) is 3. The molecule has 2 rings (SSSR count). The Morgan fingerprint density at radius 2 is 1.79 bits per heavy atom. The molecule has 3 heteroatoms. The Balaban J connectivity index is 1.86. The topological polar surface area (TPSA) is 38.5 Å². The average Bonchev–Trinajstić information content (AvgIpc) is 2.48. The Kier molecular flexibility index (Phi) is 5.83. The zero-order chi connectivity index (χ0) is 13.5. The first kappa shape index (κ1) is 14.5. The SMILES string of the molecule is CCc1ccc(CC(CN)CN2CCOCC2)cc1. The second kappa shape index (κ2) is 7.63. The van der Waals surface area contributed by atoms with Crippen molar-refractivity contribution < 1.29 is 4.74 Å². The lowest BCUT2D eigenvalue weighted by Crippen LogP contribution is -2.41. The number of nitrogens with zero attached hydrogens (tertiary/aromatic N) is 1. The Morgan fingerprint density at radius 3 is 2.37 bits per heavy atom. The summed E-state index contributed by atoms with van der Waals surface area (Å²) in [5, 5.41) is 0. The van der Waals surface area contributed by atoms with Gasteiger partial charge in [0, 0.05) is 19.6 Å². The van der Waals surface area contributed by atoms with Crippen LogP contribution in [0.3, 0.4) is 0 Å². The molecule has 0 bridgehead atoms. The molecule has 1 aromatic carbocycles. The molecule has 3 nitrogen and oxygen atoms in total. The molecule has 0 aliphatic carbocycles. The fourth-order valence-electron chi connectivity index (χ4n) is 2.62. The highest BCUT2D eigenvalue weighted by atomic mass is 16.5. The number of rotatable bonds is 6. The van der Waals surface area contributed by atoms with Gasteiger partial charge in [0.2, 0.25) is 0 Å². The van der Waals surface area contributed by atoms with Crippen molar-refractivity contribution in [3.8, 4) is 0 Å². The molecule has 1 aliphatic rings. The van der Waals surface area contributed by atoms with Crippen LogP contribution < -0.4 is 5.73 Å². The number of nitrogens with two attached hydrogens (primary N) is 1. The van der Waals surface area contributed by atoms with Gasteiger partial charge in [-0.25, -0.2) is 0 Å². The zero-order valence-electron chi connectivity index (χ0n) is 12.0. The monoisotopic (exact) mass is 262 g/mol. The molecule has 1 fully saturated rings. The van der Waals surface area contributed by atoms with E-state index in [2.05, 4.69) is 36.1 Å². The standard InChI is InChI=1S/C16H26N2O/c1-2-14-3-5-15(6-4-14)11-16(12-17)13-18-7-9-19-10-8-18/h3-6,16H,2,7-13,17H2,1H3. The number of aryl methyl sites for hydroxylation is 1. The minimum Gasteiger partial charge on any atom is -0.379 e. The Hall–Kier alpha value is -0.900. The van der Waals surface area contributed by atoms with E-state index in [1.54, 1.807) is 0 Å². The van der Waals surface area contributed by atoms with Gasteiger partial charge in [0.05, 0.1) is 13.2 Å². The van der Waals surface area contributed by atoms with Gasteiger partial charge in [0.25, 0.3) is 0 Å². The van der Waals surface area contributed by atoms with Crippen molar-refractivity contribution in [2.24, 2.45) is 11.7 Å². The Morgan fingerprint density at radius 1 is 1.16 bits per heavy atom. The molecule has 1 aromatic rings. The van der Waals surface area contributed by atoms with Crippen LogP contribution in [0.2, 0.25) is 0 Å². The average molecular weight is 262 g/mol. The molecule has 0 aromatic heterocycles. The van der Waals surface area contributed by atoms with Crippen LogP contribution in [0.4, 0.5) is 0 Å². The molecule has 106 valence electrons. The van der Waals surface area contributed by atoms with E-state index in [9.17, 15) is 0 Å². The maximum absolute atomic E-state index is 5.94. The quantitative estimate of drug-likeness (QED) is 0.848. The highest BCUT2D eigenvalue weighted by Gasteiger charge is 2.16. The van der Waals surface area contributed by atoms with Crippen LogP contribution >= 0.6 is 0 Å². The van der Waals surface area contributed by atoms with E-state index in [4.69, 9.17) is 10.5 Å². The minimum atomic E-state index is 0.547. The molecular formula is C16H26N2O. The molecule has 1 unspecified atom stereocenters. The van der Waals surface area contributed by atoms with Gasteiger partial charge in [-0.15, -0.1) is 0 Å². The van der Waals surface area contributed by atoms with Gasteiger partial charge < -0.3 is 10.5 Å². The predicted octanol–water partition coefficient (Wildman–Crippen LogP) is 1.70. The van der Waals surface area contributed by atoms with E-state index >= 15 is 0 Å². The van der Waals surface area contributed by atoms with Gasteiger partial charge in [0.15, 0.2) is 0 Å². The zero-order valence-corrected chi connectivity index (χ0v) is 12.0. The second-order valence-corrected chi connectivity index (χ2v) is 5.39. The predicted molar refractivity (Wildman–Crippen MR) is 79.3 cm³/mol. The minimum absolute atomic E-state index is 0.547. The lowest BCUT2D eigenvalue weighted by molar-refractivity contribution is 0.0312. The van der Waals surface area contributed by atoms with Crippen molar-refractivity contribution in [3.63, 3.8) is 0 Å². The number of benzene rings is 1. The molecule has 1 heterocycles. The van der Waals surface area contributed by atoms with Crippen LogP contribution in [0.25, 0.3) is 0 Å². The van der Waals surface area contributed by atoms with Crippen LogP contribution in [-0.4, -0.2) is 44.3 Å². The molecule has 19 heavy (non-hydrogen) atoms. The van der Waals surface area contributed by atoms with Crippen LogP contribution in [-0.2, 0) is 17.6 Å². The van der Waals surface area contributed by atoms with Crippen molar-refractivity contribution in [2.75, 3.05) is 39.4 Å². The van der Waals surface area contributed by atoms with E-state index < -0.39 is 0 Å². The number of ether oxygens (including phenoxy) is 1. The van der Waals surface area contributed by atoms with E-state index in [0.717, 1.165) is 52.2 Å². The molecule has 2 N–H and O–H groups in total. The first-order valence-corrected chi connectivity index (χ1v) is 7.39. The van der Waals surface area contributed by atoms with Gasteiger partial charge in [-0.1, -0.05) is 31.2 Å². The molecule has 1 atom stereocenters. The first-order chi connectivity index (χ1) is 9.31. The summed E-state index contributed by atoms with van der Waals surface area (Å²) >= 11 is 0. The normalized spacial score (nSPS) is 18.4. The van der Waals surface area contributed by atoms with Gasteiger partial charge in [-0.05, 0) is 36.4 Å². The van der Waals surface area contributed by atoms with E-state index in [0.29, 0.717) is 5.92 Å². The summed E-state index contributed by atoms with van der Waals surface area (Å²) in [7, 11) is 0. The first-order valence-electron chi connectivity index (χ1n) is 7.39. The lowest BCUT2D eigenvalue weighted by Gasteiger charge is -2.30. The summed E-state index contributed by atoms with van der Waals surface area (Å²) in [4.78, 5) is 2.47. The van der Waals surface area contributed by atoms with Gasteiger partial charge in [0.1, 0.15) is 0 Å². The largest absolute Gasteiger partial charge is 0.379 e. The molecule has 0 radical (unpaired) electrons. The van der Waals surface area contributed by atoms with Gasteiger partial charge in [-0.3, -0.25) is 4.90 Å². The molecule has 1 saturated heterocycles. The van der Waals surface area contributed by atoms with Crippen LogP contribution in [0, 0.1) is 5.92 Å². The van der Waals surface area contributed by atoms with Gasteiger partial charge in [-0.2, -0.15) is 0 Å². The van der Waals surface area contributed by atoms with Crippen LogP contribution in [0.5, 0.6) is 0 Å². The molecular weight excluding hydrogens is 236 g/mol. The highest BCUT2D eigenvalue weighted by Crippen LogP contribution is 2.12. The van der Waals surface area contributed by atoms with Crippen LogP contribution in [0.15, 0.2) is 24.3 Å². The number of morpholine rings is 1. The van der Waals surface area contributed by atoms with Crippen molar-refractivity contribution in [2.45, 2.75) is 19.8 Å². The van der Waals surface area contributed by atoms with Crippen molar-refractivity contribution in [1.82, 2.24) is 4.90 Å². The molecule has 0 amide bonds. The summed E-state index contributed by atoms with van der Waals surface area (Å²) in [5.74, 6) is 0.547. The maximum Gasteiger partial charge on any atom is 0.0594 e. The summed E-state index contributed by atoms with van der Waals surface area (Å²) in [6.07, 6.45) is 2.19. The van der Waals surface area contributed by atoms with E-state index in [1.807, 2.05) is 0 Å². The highest BCUT2D eigenvalue weighted by molar-refractivity contribution is 5.22. The Bertz CT molecular complexity index is 358.